The van der Waals surface area contributed by atoms with Crippen LogP contribution in [0.1, 0.15) is 11.8 Å². The summed E-state index contributed by atoms with van der Waals surface area (Å²) in [6.45, 7) is -0.855. The van der Waals surface area contributed by atoms with E-state index in [1.807, 2.05) is 6.07 Å². The molecule has 3 rings (SSSR count). The molecule has 3 aromatic rings. The Morgan fingerprint density at radius 1 is 1.21 bits per heavy atom. The quantitative estimate of drug-likeness (QED) is 0.703. The molecule has 5 nitrogen and oxygen atoms in total. The zero-order valence-electron chi connectivity index (χ0n) is 13.0. The molecule has 0 saturated carbocycles. The number of thiophene rings is 1. The Morgan fingerprint density at radius 3 is 2.75 bits per heavy atom. The number of anilines is 2. The van der Waals surface area contributed by atoms with E-state index >= 15 is 0 Å². The van der Waals surface area contributed by atoms with Gasteiger partial charge in [-0.2, -0.15) is 8.78 Å². The van der Waals surface area contributed by atoms with E-state index in [9.17, 15) is 8.78 Å². The van der Waals surface area contributed by atoms with Gasteiger partial charge in [0.15, 0.2) is 11.5 Å². The maximum absolute atomic E-state index is 12.5. The normalized spacial score (nSPS) is 11.0. The monoisotopic (exact) mass is 351 g/mol. The predicted octanol–water partition coefficient (Wildman–Crippen LogP) is 4.61. The van der Waals surface area contributed by atoms with E-state index in [1.165, 1.54) is 24.4 Å². The molecule has 0 fully saturated rings. The lowest BCUT2D eigenvalue weighted by Crippen LogP contribution is -2.04. The summed E-state index contributed by atoms with van der Waals surface area (Å²) in [6.07, 6.45) is 2.38. The van der Waals surface area contributed by atoms with Crippen LogP contribution in [-0.2, 0) is 6.42 Å². The molecule has 24 heavy (non-hydrogen) atoms. The molecular formula is C16H15F2N3O2S. The first-order valence-corrected chi connectivity index (χ1v) is 8.05. The Balaban J connectivity index is 1.95. The van der Waals surface area contributed by atoms with E-state index in [0.29, 0.717) is 11.5 Å². The summed E-state index contributed by atoms with van der Waals surface area (Å²) in [5.41, 5.74) is 0.565. The maximum Gasteiger partial charge on any atom is 0.387 e. The number of methoxy groups -OCH3 is 1. The van der Waals surface area contributed by atoms with Gasteiger partial charge in [-0.3, -0.25) is 0 Å². The van der Waals surface area contributed by atoms with Gasteiger partial charge in [-0.25, -0.2) is 9.97 Å². The number of nitrogens with one attached hydrogen (secondary N) is 1. The van der Waals surface area contributed by atoms with Crippen LogP contribution >= 0.6 is 11.3 Å². The van der Waals surface area contributed by atoms with Gasteiger partial charge in [0.2, 0.25) is 0 Å². The summed E-state index contributed by atoms with van der Waals surface area (Å²) in [6, 6.07) is 6.75. The first-order valence-electron chi connectivity index (χ1n) is 7.24. The molecule has 2 aromatic heterocycles. The molecule has 0 spiro atoms. The number of halogens is 2. The van der Waals surface area contributed by atoms with Crippen LogP contribution in [0.5, 0.6) is 11.5 Å². The third-order valence-corrected chi connectivity index (χ3v) is 4.56. The van der Waals surface area contributed by atoms with E-state index < -0.39 is 6.61 Å². The van der Waals surface area contributed by atoms with Crippen molar-refractivity contribution >= 4 is 33.1 Å². The standard InChI is InChI=1S/C16H15F2N3O2S/c1-3-10-7-11-14(19-8-20-15(11)24-10)21-9-4-5-12(22-2)13(6-9)23-16(17)18/h4-8,16H,3H2,1-2H3,(H,19,20,21). The number of rotatable bonds is 6. The largest absolute Gasteiger partial charge is 0.493 e. The van der Waals surface area contributed by atoms with Crippen molar-refractivity contribution in [3.8, 4) is 11.5 Å². The molecule has 0 aliphatic heterocycles. The van der Waals surface area contributed by atoms with Gasteiger partial charge in [0.1, 0.15) is 17.0 Å². The molecule has 0 saturated heterocycles. The summed E-state index contributed by atoms with van der Waals surface area (Å²) in [4.78, 5) is 10.6. The topological polar surface area (TPSA) is 56.3 Å². The third kappa shape index (κ3) is 3.38. The number of nitrogens with zero attached hydrogens (tertiary/aromatic N) is 2. The highest BCUT2D eigenvalue weighted by atomic mass is 32.1. The number of aromatic nitrogens is 2. The second-order valence-corrected chi connectivity index (χ2v) is 5.99. The van der Waals surface area contributed by atoms with Crippen LogP contribution < -0.4 is 14.8 Å². The first-order chi connectivity index (χ1) is 11.6. The third-order valence-electron chi connectivity index (χ3n) is 3.37. The minimum atomic E-state index is -2.93. The lowest BCUT2D eigenvalue weighted by atomic mass is 10.2. The average molecular weight is 351 g/mol. The number of benzene rings is 1. The first kappa shape index (κ1) is 16.4. The van der Waals surface area contributed by atoms with Crippen LogP contribution in [0.2, 0.25) is 0 Å². The van der Waals surface area contributed by atoms with Gasteiger partial charge in [-0.05, 0) is 24.6 Å². The Bertz CT molecular complexity index is 854. The van der Waals surface area contributed by atoms with Crippen molar-refractivity contribution in [3.05, 3.63) is 35.5 Å². The van der Waals surface area contributed by atoms with E-state index in [-0.39, 0.29) is 11.5 Å². The minimum Gasteiger partial charge on any atom is -0.493 e. The molecule has 2 heterocycles. The zero-order chi connectivity index (χ0) is 17.1. The average Bonchev–Trinajstić information content (AvgIpc) is 2.99. The van der Waals surface area contributed by atoms with Crippen LogP contribution in [0.15, 0.2) is 30.6 Å². The van der Waals surface area contributed by atoms with Crippen molar-refractivity contribution in [1.82, 2.24) is 9.97 Å². The number of alkyl halides is 2. The number of aryl methyl sites for hydroxylation is 1. The molecular weight excluding hydrogens is 336 g/mol. The smallest absolute Gasteiger partial charge is 0.387 e. The summed E-state index contributed by atoms with van der Waals surface area (Å²) in [5, 5.41) is 4.02. The van der Waals surface area contributed by atoms with Crippen molar-refractivity contribution < 1.29 is 18.3 Å². The van der Waals surface area contributed by atoms with Gasteiger partial charge in [0.25, 0.3) is 0 Å². The van der Waals surface area contributed by atoms with Crippen LogP contribution in [0, 0.1) is 0 Å². The van der Waals surface area contributed by atoms with Gasteiger partial charge in [0, 0.05) is 16.6 Å². The fourth-order valence-electron chi connectivity index (χ4n) is 2.26. The number of fused-ring (bicyclic) bond motifs is 1. The van der Waals surface area contributed by atoms with E-state index in [1.54, 1.807) is 23.5 Å². The van der Waals surface area contributed by atoms with Gasteiger partial charge in [0.05, 0.1) is 12.5 Å². The van der Waals surface area contributed by atoms with Gasteiger partial charge < -0.3 is 14.8 Å². The van der Waals surface area contributed by atoms with E-state index in [2.05, 4.69) is 26.9 Å². The molecule has 0 amide bonds. The van der Waals surface area contributed by atoms with Crippen molar-refractivity contribution in [2.45, 2.75) is 20.0 Å². The number of ether oxygens (including phenoxy) is 2. The van der Waals surface area contributed by atoms with Crippen molar-refractivity contribution in [2.75, 3.05) is 12.4 Å². The number of hydrogen-bond donors (Lipinski definition) is 1. The van der Waals surface area contributed by atoms with Crippen molar-refractivity contribution in [3.63, 3.8) is 0 Å². The molecule has 0 aliphatic rings. The van der Waals surface area contributed by atoms with Gasteiger partial charge in [-0.1, -0.05) is 6.92 Å². The van der Waals surface area contributed by atoms with Crippen LogP contribution in [-0.4, -0.2) is 23.7 Å². The fourth-order valence-corrected chi connectivity index (χ4v) is 3.19. The molecule has 1 aromatic carbocycles. The minimum absolute atomic E-state index is 0.0395. The molecule has 0 radical (unpaired) electrons. The van der Waals surface area contributed by atoms with E-state index in [0.717, 1.165) is 16.6 Å². The lowest BCUT2D eigenvalue weighted by Gasteiger charge is -2.12. The Kier molecular flexibility index (Phi) is 4.75. The summed E-state index contributed by atoms with van der Waals surface area (Å²) in [5.74, 6) is 0.809. The van der Waals surface area contributed by atoms with Crippen LogP contribution in [0.3, 0.4) is 0 Å². The van der Waals surface area contributed by atoms with Crippen molar-refractivity contribution in [2.24, 2.45) is 0 Å². The summed E-state index contributed by atoms with van der Waals surface area (Å²) < 4.78 is 34.6. The maximum atomic E-state index is 12.5. The summed E-state index contributed by atoms with van der Waals surface area (Å²) in [7, 11) is 1.40. The molecule has 0 bridgehead atoms. The van der Waals surface area contributed by atoms with Gasteiger partial charge in [-0.15, -0.1) is 11.3 Å². The second-order valence-electron chi connectivity index (χ2n) is 4.88. The summed E-state index contributed by atoms with van der Waals surface area (Å²) >= 11 is 1.60. The Morgan fingerprint density at radius 2 is 2.04 bits per heavy atom. The highest BCUT2D eigenvalue weighted by molar-refractivity contribution is 7.18. The van der Waals surface area contributed by atoms with Crippen LogP contribution in [0.4, 0.5) is 20.3 Å². The van der Waals surface area contributed by atoms with E-state index in [4.69, 9.17) is 4.74 Å². The second kappa shape index (κ2) is 6.96. The Hall–Kier alpha value is -2.48. The molecule has 0 unspecified atom stereocenters. The zero-order valence-corrected chi connectivity index (χ0v) is 13.9. The SMILES string of the molecule is CCc1cc2c(Nc3ccc(OC)c(OC(F)F)c3)ncnc2s1. The van der Waals surface area contributed by atoms with Crippen LogP contribution in [0.25, 0.3) is 10.2 Å². The molecule has 0 atom stereocenters. The highest BCUT2D eigenvalue weighted by Gasteiger charge is 2.13. The fraction of sp³-hybridized carbons (Fsp3) is 0.250. The van der Waals surface area contributed by atoms with Crippen molar-refractivity contribution in [1.29, 1.82) is 0 Å². The predicted molar refractivity (Wildman–Crippen MR) is 89.7 cm³/mol. The highest BCUT2D eigenvalue weighted by Crippen LogP contribution is 2.34. The van der Waals surface area contributed by atoms with Gasteiger partial charge >= 0.3 is 6.61 Å². The molecule has 8 heteroatoms. The molecule has 126 valence electrons. The Labute approximate surface area is 141 Å². The molecule has 0 aliphatic carbocycles. The lowest BCUT2D eigenvalue weighted by molar-refractivity contribution is -0.0511. The number of hydrogen-bond acceptors (Lipinski definition) is 6. The molecule has 1 N–H and O–H groups in total.